The molecule has 7 rings (SSSR count). The van der Waals surface area contributed by atoms with E-state index in [1.165, 1.54) is 75.6 Å². The molecule has 1 aliphatic heterocycles. The number of carbonyl (C=O) groups excluding carboxylic acids is 5. The molecule has 0 aliphatic carbocycles. The Labute approximate surface area is 385 Å². The minimum atomic E-state index is -2.89. The van der Waals surface area contributed by atoms with Crippen LogP contribution in [0.4, 0.5) is 0 Å². The Balaban J connectivity index is 1.47. The lowest BCUT2D eigenvalue weighted by Gasteiger charge is -2.50. The molecule has 14 heteroatoms. The monoisotopic (exact) mass is 912 g/mol. The Morgan fingerprint density at radius 1 is 0.636 bits per heavy atom. The van der Waals surface area contributed by atoms with E-state index in [0.717, 1.165) is 0 Å². The number of esters is 5. The second-order valence-corrected chi connectivity index (χ2v) is 15.7. The number of methoxy groups -OCH3 is 1. The smallest absolute Gasteiger partial charge is 0.338 e. The van der Waals surface area contributed by atoms with Crippen LogP contribution < -0.4 is 4.74 Å². The van der Waals surface area contributed by atoms with Crippen molar-refractivity contribution in [2.24, 2.45) is 0 Å². The zero-order valence-corrected chi connectivity index (χ0v) is 36.8. The van der Waals surface area contributed by atoms with Gasteiger partial charge in [0, 0.05) is 17.5 Å². The van der Waals surface area contributed by atoms with Crippen LogP contribution in [0, 0.1) is 0 Å². The molecule has 66 heavy (non-hydrogen) atoms. The van der Waals surface area contributed by atoms with Crippen molar-refractivity contribution >= 4 is 41.4 Å². The summed E-state index contributed by atoms with van der Waals surface area (Å²) >= 11 is 7.13. The van der Waals surface area contributed by atoms with E-state index >= 15 is 0 Å². The van der Waals surface area contributed by atoms with E-state index in [9.17, 15) is 29.1 Å². The van der Waals surface area contributed by atoms with Gasteiger partial charge in [0.05, 0.1) is 29.4 Å². The standard InChI is InChI=1S/C52H45ClO13/c1-32(62-48(55)36-16-8-4-9-17-36)44-45(63-49(56)37-18-10-5-11-19-37)46(64-50(57)38-20-12-6-13-21-38)47(65-51(58)39-22-14-7-15-23-39)52(59,66-44)42-29-35(31-61-33(2)54)30-43(53)41(42)28-34-24-26-40(60-3)27-25-34/h4-27,29-30,32,44-47,59H,28,31H2,1-3H3/t32-,44-,45-,46+,47-,52-/m1/s1. The molecule has 1 N–H and O–H groups in total. The van der Waals surface area contributed by atoms with Crippen LogP contribution in [0.2, 0.25) is 5.02 Å². The van der Waals surface area contributed by atoms with Gasteiger partial charge in [0.15, 0.2) is 12.2 Å². The zero-order chi connectivity index (χ0) is 46.8. The Morgan fingerprint density at radius 3 is 1.59 bits per heavy atom. The highest BCUT2D eigenvalue weighted by atomic mass is 35.5. The fourth-order valence-corrected chi connectivity index (χ4v) is 7.80. The van der Waals surface area contributed by atoms with Crippen molar-refractivity contribution in [2.75, 3.05) is 7.11 Å². The number of ether oxygens (including phenoxy) is 7. The molecular formula is C52H45ClO13. The first-order valence-corrected chi connectivity index (χ1v) is 21.2. The van der Waals surface area contributed by atoms with E-state index in [0.29, 0.717) is 11.3 Å². The molecule has 6 atom stereocenters. The molecule has 6 aromatic carbocycles. The average molecular weight is 913 g/mol. The van der Waals surface area contributed by atoms with Crippen molar-refractivity contribution in [1.82, 2.24) is 0 Å². The molecule has 1 fully saturated rings. The van der Waals surface area contributed by atoms with Crippen molar-refractivity contribution in [1.29, 1.82) is 0 Å². The summed E-state index contributed by atoms with van der Waals surface area (Å²) in [5, 5.41) is 13.8. The van der Waals surface area contributed by atoms with Crippen LogP contribution in [0.1, 0.15) is 77.5 Å². The van der Waals surface area contributed by atoms with Gasteiger partial charge in [-0.15, -0.1) is 0 Å². The topological polar surface area (TPSA) is 170 Å². The molecule has 1 aliphatic rings. The van der Waals surface area contributed by atoms with Crippen molar-refractivity contribution < 1.29 is 62.2 Å². The first-order valence-electron chi connectivity index (χ1n) is 20.9. The SMILES string of the molecule is COc1ccc(Cc2c(Cl)cc(COC(C)=O)cc2[C@@]2(O)O[C@H]([C@@H](C)OC(=O)c3ccccc3)[C@@H](OC(=O)c3ccccc3)[C@H](OC(=O)c3ccccc3)[C@H]2OC(=O)c2ccccc2)cc1. The maximum Gasteiger partial charge on any atom is 0.338 e. The third-order valence-corrected chi connectivity index (χ3v) is 11.1. The molecule has 1 saturated heterocycles. The summed E-state index contributed by atoms with van der Waals surface area (Å²) in [6.45, 7) is 2.36. The highest BCUT2D eigenvalue weighted by molar-refractivity contribution is 6.31. The van der Waals surface area contributed by atoms with Gasteiger partial charge in [0.25, 0.3) is 0 Å². The van der Waals surface area contributed by atoms with E-state index in [4.69, 9.17) is 44.8 Å². The van der Waals surface area contributed by atoms with Crippen LogP contribution in [-0.4, -0.2) is 72.6 Å². The van der Waals surface area contributed by atoms with Crippen molar-refractivity contribution in [3.8, 4) is 5.75 Å². The second-order valence-electron chi connectivity index (χ2n) is 15.3. The van der Waals surface area contributed by atoms with Crippen molar-refractivity contribution in [3.63, 3.8) is 0 Å². The predicted molar refractivity (Wildman–Crippen MR) is 240 cm³/mol. The van der Waals surface area contributed by atoms with Crippen molar-refractivity contribution in [3.05, 3.63) is 207 Å². The van der Waals surface area contributed by atoms with Crippen LogP contribution in [0.5, 0.6) is 5.75 Å². The Bertz CT molecular complexity index is 2640. The van der Waals surface area contributed by atoms with E-state index in [1.807, 2.05) is 0 Å². The van der Waals surface area contributed by atoms with Crippen molar-refractivity contribution in [2.45, 2.75) is 63.2 Å². The fourth-order valence-electron chi connectivity index (χ4n) is 7.49. The van der Waals surface area contributed by atoms with Crippen LogP contribution in [0.15, 0.2) is 158 Å². The summed E-state index contributed by atoms with van der Waals surface area (Å²) in [5.74, 6) is -6.59. The van der Waals surface area contributed by atoms with Gasteiger partial charge in [0.2, 0.25) is 11.9 Å². The summed E-state index contributed by atoms with van der Waals surface area (Å²) in [5.41, 5.74) is 1.46. The molecule has 0 amide bonds. The second kappa shape index (κ2) is 21.1. The van der Waals surface area contributed by atoms with Crippen LogP contribution in [0.3, 0.4) is 0 Å². The summed E-state index contributed by atoms with van der Waals surface area (Å²) in [7, 11) is 1.53. The van der Waals surface area contributed by atoms with Gasteiger partial charge < -0.3 is 38.3 Å². The minimum absolute atomic E-state index is 0.0289. The zero-order valence-electron chi connectivity index (χ0n) is 36.0. The summed E-state index contributed by atoms with van der Waals surface area (Å²) in [6, 6.07) is 41.7. The first-order chi connectivity index (χ1) is 31.8. The van der Waals surface area contributed by atoms with E-state index in [1.54, 1.807) is 103 Å². The van der Waals surface area contributed by atoms with Crippen LogP contribution in [0.25, 0.3) is 0 Å². The van der Waals surface area contributed by atoms with Gasteiger partial charge in [-0.2, -0.15) is 0 Å². The molecule has 0 radical (unpaired) electrons. The van der Waals surface area contributed by atoms with E-state index < -0.39 is 66.2 Å². The van der Waals surface area contributed by atoms with Crippen LogP contribution in [-0.2, 0) is 52.0 Å². The summed E-state index contributed by atoms with van der Waals surface area (Å²) in [6.07, 6.45) is -8.80. The maximum absolute atomic E-state index is 14.3. The lowest BCUT2D eigenvalue weighted by atomic mass is 9.82. The van der Waals surface area contributed by atoms with E-state index in [-0.39, 0.29) is 57.0 Å². The molecule has 0 bridgehead atoms. The number of halogens is 1. The van der Waals surface area contributed by atoms with Crippen LogP contribution >= 0.6 is 11.6 Å². The summed E-state index contributed by atoms with van der Waals surface area (Å²) < 4.78 is 42.3. The number of rotatable bonds is 15. The number of hydrogen-bond donors (Lipinski definition) is 1. The van der Waals surface area contributed by atoms with Gasteiger partial charge in [-0.05, 0) is 103 Å². The number of aliphatic hydroxyl groups is 1. The molecule has 0 aromatic heterocycles. The Hall–Kier alpha value is -7.32. The molecule has 6 aromatic rings. The lowest BCUT2D eigenvalue weighted by Crippen LogP contribution is -2.68. The quantitative estimate of drug-likeness (QED) is 0.0770. The van der Waals surface area contributed by atoms with E-state index in [2.05, 4.69) is 0 Å². The number of hydrogen-bond acceptors (Lipinski definition) is 13. The molecule has 1 heterocycles. The third-order valence-electron chi connectivity index (χ3n) is 10.8. The molecule has 338 valence electrons. The van der Waals surface area contributed by atoms with Gasteiger partial charge >= 0.3 is 29.8 Å². The first kappa shape index (κ1) is 46.7. The van der Waals surface area contributed by atoms with Gasteiger partial charge in [-0.25, -0.2) is 19.2 Å². The third kappa shape index (κ3) is 10.9. The Morgan fingerprint density at radius 2 is 1.11 bits per heavy atom. The largest absolute Gasteiger partial charge is 0.497 e. The average Bonchev–Trinajstić information content (AvgIpc) is 3.34. The molecule has 0 unspecified atom stereocenters. The minimum Gasteiger partial charge on any atom is -0.497 e. The summed E-state index contributed by atoms with van der Waals surface area (Å²) in [4.78, 5) is 68.7. The molecule has 0 spiro atoms. The Kier molecular flexibility index (Phi) is 14.9. The van der Waals surface area contributed by atoms with Gasteiger partial charge in [-0.1, -0.05) is 96.5 Å². The van der Waals surface area contributed by atoms with Gasteiger partial charge in [0.1, 0.15) is 24.6 Å². The lowest BCUT2D eigenvalue weighted by molar-refractivity contribution is -0.360. The maximum atomic E-state index is 14.3. The molecular weight excluding hydrogens is 868 g/mol. The number of carbonyl (C=O) groups is 5. The number of benzene rings is 6. The fraction of sp³-hybridized carbons (Fsp3) is 0.212. The normalized spacial score (nSPS) is 19.3. The van der Waals surface area contributed by atoms with Gasteiger partial charge in [-0.3, -0.25) is 4.79 Å². The highest BCUT2D eigenvalue weighted by Crippen LogP contribution is 2.46. The molecule has 13 nitrogen and oxygen atoms in total. The predicted octanol–water partition coefficient (Wildman–Crippen LogP) is 8.47. The highest BCUT2D eigenvalue weighted by Gasteiger charge is 2.63. The molecule has 0 saturated carbocycles.